The minimum absolute atomic E-state index is 0. The minimum Gasteiger partial charge on any atom is -0.501 e. The molecule has 0 bridgehead atoms. The van der Waals surface area contributed by atoms with Gasteiger partial charge in [0, 0.05) is 40.6 Å². The van der Waals surface area contributed by atoms with E-state index in [2.05, 4.69) is 52.4 Å². The van der Waals surface area contributed by atoms with Crippen molar-refractivity contribution in [3.8, 4) is 33.6 Å². The summed E-state index contributed by atoms with van der Waals surface area (Å²) in [6.07, 6.45) is 2.17. The molecule has 8 aromatic rings. The summed E-state index contributed by atoms with van der Waals surface area (Å²) in [6, 6.07) is 48.5. The van der Waals surface area contributed by atoms with Crippen LogP contribution in [-0.2, 0) is 26.5 Å². The van der Waals surface area contributed by atoms with Crippen LogP contribution in [0.3, 0.4) is 0 Å². The van der Waals surface area contributed by atoms with E-state index in [-0.39, 0.29) is 20.1 Å². The Bertz CT molecular complexity index is 2310. The van der Waals surface area contributed by atoms with Crippen molar-refractivity contribution in [3.63, 3.8) is 0 Å². The van der Waals surface area contributed by atoms with E-state index >= 15 is 0 Å². The van der Waals surface area contributed by atoms with Gasteiger partial charge in [0.25, 0.3) is 0 Å². The fraction of sp³-hybridized carbons (Fsp3) is 0.116. The minimum atomic E-state index is -1.42. The summed E-state index contributed by atoms with van der Waals surface area (Å²) in [5, 5.41) is 4.46. The van der Waals surface area contributed by atoms with Gasteiger partial charge in [-0.25, -0.2) is 0 Å². The fourth-order valence-corrected chi connectivity index (χ4v) is 5.62. The van der Waals surface area contributed by atoms with Gasteiger partial charge in [0.05, 0.1) is 5.58 Å². The zero-order chi connectivity index (χ0) is 33.3. The Labute approximate surface area is 292 Å². The van der Waals surface area contributed by atoms with Crippen LogP contribution in [0.4, 0.5) is 0 Å². The SMILES string of the molecule is [2H]C([2H])(c1ccc(-c2ccnc(-c3[c-]ccc4c3oc3cc5ccccc5cc34)c2)cc1)C(C)(C)C.[Ir].[c-]1ccccc1-c1ccccn1. The number of hydrogen-bond acceptors (Lipinski definition) is 3. The fourth-order valence-electron chi connectivity index (χ4n) is 5.62. The maximum absolute atomic E-state index is 8.55. The molecule has 0 N–H and O–H groups in total. The molecule has 0 amide bonds. The Kier molecular flexibility index (Phi) is 8.69. The molecule has 0 atom stereocenters. The van der Waals surface area contributed by atoms with Gasteiger partial charge in [-0.3, -0.25) is 0 Å². The van der Waals surface area contributed by atoms with Crippen molar-refractivity contribution in [1.82, 2.24) is 9.97 Å². The van der Waals surface area contributed by atoms with Crippen LogP contribution < -0.4 is 0 Å². The van der Waals surface area contributed by atoms with Gasteiger partial charge in [-0.15, -0.1) is 54.1 Å². The molecule has 3 aromatic heterocycles. The first-order chi connectivity index (χ1) is 23.2. The Balaban J connectivity index is 0.000000270. The summed E-state index contributed by atoms with van der Waals surface area (Å²) >= 11 is 0. The van der Waals surface area contributed by atoms with Gasteiger partial charge in [-0.2, -0.15) is 0 Å². The second-order valence-corrected chi connectivity index (χ2v) is 12.3. The smallest absolute Gasteiger partial charge is 0.121 e. The number of rotatable bonds is 4. The molecule has 5 aromatic carbocycles. The second-order valence-electron chi connectivity index (χ2n) is 12.3. The van der Waals surface area contributed by atoms with Crippen molar-refractivity contribution in [3.05, 3.63) is 157 Å². The van der Waals surface area contributed by atoms with Gasteiger partial charge >= 0.3 is 0 Å². The molecular weight excluding hydrogens is 753 g/mol. The monoisotopic (exact) mass is 789 g/mol. The Morgan fingerprint density at radius 3 is 2.13 bits per heavy atom. The molecule has 4 heteroatoms. The Hall–Kier alpha value is -4.89. The molecule has 3 heterocycles. The maximum atomic E-state index is 8.55. The summed E-state index contributed by atoms with van der Waals surface area (Å²) in [7, 11) is 0. The normalized spacial score (nSPS) is 12.1. The first-order valence-corrected chi connectivity index (χ1v) is 15.4. The third kappa shape index (κ3) is 7.25. The van der Waals surface area contributed by atoms with Crippen molar-refractivity contribution in [2.45, 2.75) is 27.1 Å². The summed E-state index contributed by atoms with van der Waals surface area (Å²) < 4.78 is 23.5. The average molecular weight is 789 g/mol. The number of pyridine rings is 2. The summed E-state index contributed by atoms with van der Waals surface area (Å²) in [4.78, 5) is 8.87. The zero-order valence-electron chi connectivity index (χ0n) is 28.4. The van der Waals surface area contributed by atoms with Crippen LogP contribution in [0.1, 0.15) is 29.1 Å². The first kappa shape index (κ1) is 29.5. The molecule has 0 aliphatic rings. The quantitative estimate of drug-likeness (QED) is 0.167. The molecular formula is C43H34IrN2O-2. The molecule has 8 rings (SSSR count). The average Bonchev–Trinajstić information content (AvgIpc) is 3.49. The van der Waals surface area contributed by atoms with Crippen LogP contribution in [0.15, 0.2) is 144 Å². The van der Waals surface area contributed by atoms with E-state index in [1.54, 1.807) is 12.4 Å². The summed E-state index contributed by atoms with van der Waals surface area (Å²) in [6.45, 7) is 5.77. The number of hydrogen-bond donors (Lipinski definition) is 0. The predicted molar refractivity (Wildman–Crippen MR) is 190 cm³/mol. The molecule has 0 saturated carbocycles. The Morgan fingerprint density at radius 1 is 0.660 bits per heavy atom. The number of aromatic nitrogens is 2. The number of fused-ring (bicyclic) bond motifs is 4. The van der Waals surface area contributed by atoms with E-state index in [4.69, 9.17) is 7.16 Å². The largest absolute Gasteiger partial charge is 0.501 e. The zero-order valence-corrected chi connectivity index (χ0v) is 28.8. The van der Waals surface area contributed by atoms with Crippen molar-refractivity contribution in [2.24, 2.45) is 5.41 Å². The van der Waals surface area contributed by atoms with Crippen LogP contribution in [0.25, 0.3) is 66.4 Å². The Morgan fingerprint density at radius 2 is 1.40 bits per heavy atom. The molecule has 3 nitrogen and oxygen atoms in total. The van der Waals surface area contributed by atoms with E-state index in [9.17, 15) is 0 Å². The predicted octanol–water partition coefficient (Wildman–Crippen LogP) is 11.4. The summed E-state index contributed by atoms with van der Waals surface area (Å²) in [5.74, 6) is 0. The van der Waals surface area contributed by atoms with Crippen molar-refractivity contribution in [2.75, 3.05) is 0 Å². The van der Waals surface area contributed by atoms with Gasteiger partial charge < -0.3 is 14.4 Å². The van der Waals surface area contributed by atoms with Crippen molar-refractivity contribution in [1.29, 1.82) is 0 Å². The van der Waals surface area contributed by atoms with Crippen LogP contribution in [0.2, 0.25) is 0 Å². The molecule has 233 valence electrons. The van der Waals surface area contributed by atoms with Gasteiger partial charge in [-0.1, -0.05) is 98.5 Å². The topological polar surface area (TPSA) is 38.9 Å². The summed E-state index contributed by atoms with van der Waals surface area (Å²) in [5.41, 5.74) is 7.46. The van der Waals surface area contributed by atoms with Gasteiger partial charge in [0.15, 0.2) is 0 Å². The molecule has 0 aliphatic heterocycles. The van der Waals surface area contributed by atoms with Crippen LogP contribution in [0, 0.1) is 17.5 Å². The van der Waals surface area contributed by atoms with E-state index in [1.807, 2.05) is 118 Å². The molecule has 0 spiro atoms. The number of nitrogens with zero attached hydrogens (tertiary/aromatic N) is 2. The van der Waals surface area contributed by atoms with E-state index in [0.717, 1.165) is 61.0 Å². The first-order valence-electron chi connectivity index (χ1n) is 16.4. The van der Waals surface area contributed by atoms with Crippen LogP contribution >= 0.6 is 0 Å². The van der Waals surface area contributed by atoms with Crippen molar-refractivity contribution < 1.29 is 27.3 Å². The van der Waals surface area contributed by atoms with E-state index in [1.165, 1.54) is 5.39 Å². The van der Waals surface area contributed by atoms with Crippen LogP contribution in [0.5, 0.6) is 0 Å². The standard InChI is InChI=1S/C32H26NO.C11H8N.Ir/c1-32(2,3)20-21-11-13-22(14-12-21)25-15-16-33-29(18-25)27-10-6-9-26-28-17-23-7-4-5-8-24(23)19-30(28)34-31(26)27;1-2-6-10(7-3-1)11-8-4-5-9-12-11;/h4-9,11-19H,20H2,1-3H3;1-6,8-9H;/q2*-1;/i20D2;;. The van der Waals surface area contributed by atoms with Gasteiger partial charge in [0.2, 0.25) is 0 Å². The van der Waals surface area contributed by atoms with Gasteiger partial charge in [-0.05, 0) is 74.9 Å². The van der Waals surface area contributed by atoms with Crippen LogP contribution in [-0.4, -0.2) is 9.97 Å². The van der Waals surface area contributed by atoms with Gasteiger partial charge in [0.1, 0.15) is 5.58 Å². The molecule has 0 aliphatic carbocycles. The molecule has 0 saturated heterocycles. The van der Waals surface area contributed by atoms with E-state index < -0.39 is 11.8 Å². The van der Waals surface area contributed by atoms with Crippen molar-refractivity contribution >= 4 is 32.7 Å². The number of furan rings is 1. The number of benzene rings is 5. The second kappa shape index (κ2) is 13.8. The molecule has 0 fully saturated rings. The molecule has 1 radical (unpaired) electrons. The molecule has 47 heavy (non-hydrogen) atoms. The maximum Gasteiger partial charge on any atom is 0.121 e. The molecule has 0 unspecified atom stereocenters. The van der Waals surface area contributed by atoms with E-state index in [0.29, 0.717) is 5.56 Å². The third-order valence-corrected chi connectivity index (χ3v) is 7.70. The third-order valence-electron chi connectivity index (χ3n) is 7.70.